The highest BCUT2D eigenvalue weighted by Crippen LogP contribution is 2.16. The minimum absolute atomic E-state index is 0.00759. The van der Waals surface area contributed by atoms with E-state index in [-0.39, 0.29) is 5.91 Å². The average Bonchev–Trinajstić information content (AvgIpc) is 2.83. The zero-order chi connectivity index (χ0) is 11.7. The van der Waals surface area contributed by atoms with Crippen molar-refractivity contribution in [2.75, 3.05) is 0 Å². The molecule has 0 unspecified atom stereocenters. The van der Waals surface area contributed by atoms with Gasteiger partial charge in [-0.05, 0) is 36.4 Å². The maximum absolute atomic E-state index is 12.3. The number of benzene rings is 2. The maximum Gasteiger partial charge on any atom is 0.262 e. The van der Waals surface area contributed by atoms with Gasteiger partial charge in [-0.2, -0.15) is 0 Å². The van der Waals surface area contributed by atoms with Crippen LogP contribution in [0.25, 0.3) is 10.9 Å². The Bertz CT molecular complexity index is 667. The lowest BCUT2D eigenvalue weighted by atomic mass is 10.2. The third-order valence-corrected chi connectivity index (χ3v) is 2.77. The second-order valence-corrected chi connectivity index (χ2v) is 3.84. The van der Waals surface area contributed by atoms with Crippen LogP contribution in [0.15, 0.2) is 60.8 Å². The molecule has 0 bridgehead atoms. The van der Waals surface area contributed by atoms with Gasteiger partial charge in [-0.25, -0.2) is 0 Å². The van der Waals surface area contributed by atoms with E-state index in [4.69, 9.17) is 0 Å². The van der Waals surface area contributed by atoms with Crippen LogP contribution in [0, 0.1) is 6.07 Å². The van der Waals surface area contributed by atoms with Gasteiger partial charge in [0.25, 0.3) is 5.91 Å². The van der Waals surface area contributed by atoms with Gasteiger partial charge in [0, 0.05) is 17.1 Å². The molecule has 0 spiro atoms. The molecule has 3 rings (SSSR count). The van der Waals surface area contributed by atoms with Crippen LogP contribution in [0.5, 0.6) is 0 Å². The van der Waals surface area contributed by atoms with Crippen molar-refractivity contribution in [2.24, 2.45) is 0 Å². The van der Waals surface area contributed by atoms with Crippen molar-refractivity contribution in [3.05, 3.63) is 72.4 Å². The normalized spacial score (nSPS) is 10.6. The molecule has 0 N–H and O–H groups in total. The summed E-state index contributed by atoms with van der Waals surface area (Å²) in [6.45, 7) is 0. The Balaban J connectivity index is 2.14. The molecule has 0 fully saturated rings. The van der Waals surface area contributed by atoms with Crippen LogP contribution in [-0.4, -0.2) is 10.5 Å². The Kier molecular flexibility index (Phi) is 2.26. The van der Waals surface area contributed by atoms with Crippen LogP contribution < -0.4 is 0 Å². The summed E-state index contributed by atoms with van der Waals surface area (Å²) in [6, 6.07) is 19.8. The minimum Gasteiger partial charge on any atom is -0.283 e. The lowest BCUT2D eigenvalue weighted by Gasteiger charge is -2.03. The summed E-state index contributed by atoms with van der Waals surface area (Å²) in [5, 5.41) is 1.02. The van der Waals surface area contributed by atoms with Gasteiger partial charge < -0.3 is 0 Å². The van der Waals surface area contributed by atoms with Gasteiger partial charge in [0.15, 0.2) is 0 Å². The van der Waals surface area contributed by atoms with Crippen molar-refractivity contribution in [3.8, 4) is 0 Å². The smallest absolute Gasteiger partial charge is 0.262 e. The van der Waals surface area contributed by atoms with E-state index in [0.29, 0.717) is 5.56 Å². The first-order valence-corrected chi connectivity index (χ1v) is 5.43. The van der Waals surface area contributed by atoms with Gasteiger partial charge in [-0.3, -0.25) is 9.36 Å². The summed E-state index contributed by atoms with van der Waals surface area (Å²) in [4.78, 5) is 12.3. The second-order valence-electron chi connectivity index (χ2n) is 3.84. The highest BCUT2D eigenvalue weighted by Gasteiger charge is 2.09. The third kappa shape index (κ3) is 1.64. The van der Waals surface area contributed by atoms with Crippen molar-refractivity contribution >= 4 is 16.8 Å². The molecule has 2 nitrogen and oxygen atoms in total. The fraction of sp³-hybridized carbons (Fsp3) is 0. The monoisotopic (exact) mass is 220 g/mol. The fourth-order valence-electron chi connectivity index (χ4n) is 1.92. The van der Waals surface area contributed by atoms with Gasteiger partial charge >= 0.3 is 0 Å². The first-order chi connectivity index (χ1) is 8.36. The highest BCUT2D eigenvalue weighted by molar-refractivity contribution is 6.01. The van der Waals surface area contributed by atoms with E-state index in [1.54, 1.807) is 10.8 Å². The Morgan fingerprint density at radius 2 is 1.88 bits per heavy atom. The fourth-order valence-corrected chi connectivity index (χ4v) is 1.92. The quantitative estimate of drug-likeness (QED) is 0.617. The molecule has 2 aromatic carbocycles. The van der Waals surface area contributed by atoms with Crippen molar-refractivity contribution in [2.45, 2.75) is 0 Å². The van der Waals surface area contributed by atoms with Crippen molar-refractivity contribution in [1.29, 1.82) is 0 Å². The number of fused-ring (bicyclic) bond motifs is 1. The predicted octanol–water partition coefficient (Wildman–Crippen LogP) is 3.13. The molecule has 0 amide bonds. The van der Waals surface area contributed by atoms with Gasteiger partial charge in [0.2, 0.25) is 0 Å². The van der Waals surface area contributed by atoms with Crippen LogP contribution in [-0.2, 0) is 0 Å². The van der Waals surface area contributed by atoms with Gasteiger partial charge in [-0.15, -0.1) is 0 Å². The van der Waals surface area contributed by atoms with Crippen molar-refractivity contribution < 1.29 is 4.79 Å². The molecule has 2 heteroatoms. The summed E-state index contributed by atoms with van der Waals surface area (Å²) in [5.41, 5.74) is 1.61. The first kappa shape index (κ1) is 9.85. The third-order valence-electron chi connectivity index (χ3n) is 2.77. The van der Waals surface area contributed by atoms with Gasteiger partial charge in [0.1, 0.15) is 0 Å². The molecule has 1 aromatic heterocycles. The minimum atomic E-state index is -0.00759. The number of hydrogen-bond donors (Lipinski definition) is 0. The van der Waals surface area contributed by atoms with E-state index in [2.05, 4.69) is 6.07 Å². The second kappa shape index (κ2) is 3.91. The predicted molar refractivity (Wildman–Crippen MR) is 66.9 cm³/mol. The molecular formula is C15H10NO. The molecule has 3 aromatic rings. The number of carbonyl (C=O) groups excluding carboxylic acids is 1. The molecule has 0 saturated carbocycles. The zero-order valence-corrected chi connectivity index (χ0v) is 9.13. The molecule has 1 radical (unpaired) electrons. The summed E-state index contributed by atoms with van der Waals surface area (Å²) in [7, 11) is 0. The van der Waals surface area contributed by atoms with E-state index in [1.165, 1.54) is 0 Å². The average molecular weight is 220 g/mol. The van der Waals surface area contributed by atoms with Crippen LogP contribution in [0.4, 0.5) is 0 Å². The molecular weight excluding hydrogens is 210 g/mol. The Hall–Kier alpha value is -2.35. The Morgan fingerprint density at radius 3 is 2.71 bits per heavy atom. The summed E-state index contributed by atoms with van der Waals surface area (Å²) in [5.74, 6) is -0.00759. The van der Waals surface area contributed by atoms with E-state index in [1.807, 2.05) is 54.6 Å². The SMILES string of the molecule is O=C(c1ccccc1)n1ccc2c[c]ccc21. The van der Waals surface area contributed by atoms with Crippen LogP contribution in [0.2, 0.25) is 0 Å². The summed E-state index contributed by atoms with van der Waals surface area (Å²) >= 11 is 0. The Morgan fingerprint density at radius 1 is 1.06 bits per heavy atom. The molecule has 17 heavy (non-hydrogen) atoms. The van der Waals surface area contributed by atoms with E-state index in [0.717, 1.165) is 10.9 Å². The lowest BCUT2D eigenvalue weighted by molar-refractivity contribution is 0.0965. The molecule has 0 atom stereocenters. The first-order valence-electron chi connectivity index (χ1n) is 5.43. The number of hydrogen-bond acceptors (Lipinski definition) is 1. The van der Waals surface area contributed by atoms with Gasteiger partial charge in [0.05, 0.1) is 5.52 Å². The number of nitrogens with zero attached hydrogens (tertiary/aromatic N) is 1. The standard InChI is InChI=1S/C15H10NO/c17-15(13-7-2-1-3-8-13)16-11-10-12-6-4-5-9-14(12)16/h1-3,5-11H. The van der Waals surface area contributed by atoms with E-state index < -0.39 is 0 Å². The van der Waals surface area contributed by atoms with Crippen LogP contribution in [0.1, 0.15) is 10.4 Å². The summed E-state index contributed by atoms with van der Waals surface area (Å²) < 4.78 is 1.67. The van der Waals surface area contributed by atoms with Crippen LogP contribution >= 0.6 is 0 Å². The highest BCUT2D eigenvalue weighted by atomic mass is 16.2. The van der Waals surface area contributed by atoms with E-state index >= 15 is 0 Å². The largest absolute Gasteiger partial charge is 0.283 e. The lowest BCUT2D eigenvalue weighted by Crippen LogP contribution is -2.10. The van der Waals surface area contributed by atoms with Crippen molar-refractivity contribution in [1.82, 2.24) is 4.57 Å². The number of carbonyl (C=O) groups is 1. The molecule has 0 aliphatic heterocycles. The van der Waals surface area contributed by atoms with Gasteiger partial charge in [-0.1, -0.05) is 24.3 Å². The molecule has 1 heterocycles. The Labute approximate surface area is 99.1 Å². The van der Waals surface area contributed by atoms with Crippen LogP contribution in [0.3, 0.4) is 0 Å². The molecule has 0 aliphatic carbocycles. The number of rotatable bonds is 1. The number of aromatic nitrogens is 1. The summed E-state index contributed by atoms with van der Waals surface area (Å²) in [6.07, 6.45) is 1.80. The maximum atomic E-state index is 12.3. The van der Waals surface area contributed by atoms with Crippen molar-refractivity contribution in [3.63, 3.8) is 0 Å². The van der Waals surface area contributed by atoms with E-state index in [9.17, 15) is 4.79 Å². The zero-order valence-electron chi connectivity index (χ0n) is 9.13. The molecule has 0 saturated heterocycles. The molecule has 81 valence electrons. The topological polar surface area (TPSA) is 22.0 Å². The molecule has 0 aliphatic rings.